The minimum atomic E-state index is -0.0261. The zero-order valence-corrected chi connectivity index (χ0v) is 31.9. The lowest BCUT2D eigenvalue weighted by atomic mass is 9.82. The summed E-state index contributed by atoms with van der Waals surface area (Å²) in [6.45, 7) is 4.69. The molecule has 10 aromatic rings. The maximum Gasteiger partial charge on any atom is 0.160 e. The molecule has 0 atom stereocenters. The first-order valence-electron chi connectivity index (χ1n) is 19.7. The van der Waals surface area contributed by atoms with Crippen LogP contribution in [0.2, 0.25) is 0 Å². The third-order valence-corrected chi connectivity index (χ3v) is 12.1. The topological polar surface area (TPSA) is 25.8 Å². The highest BCUT2D eigenvalue weighted by atomic mass is 14.9. The number of hydrogen-bond acceptors (Lipinski definition) is 2. The SMILES string of the molecule is CC1(C)c2ccccc2-c2cc(-c3cccc4c5ccccc5c5cc(-c6cccc(-c7cc(-c8ccccc8)nc(-c8ccccc8)n7)c6)ccc5c34)ccc21. The Morgan fingerprint density at radius 1 is 0.316 bits per heavy atom. The largest absolute Gasteiger partial charge is 0.228 e. The maximum atomic E-state index is 5.13. The van der Waals surface area contributed by atoms with Crippen molar-refractivity contribution in [1.82, 2.24) is 9.97 Å². The zero-order valence-electron chi connectivity index (χ0n) is 31.9. The van der Waals surface area contributed by atoms with Crippen molar-refractivity contribution < 1.29 is 0 Å². The van der Waals surface area contributed by atoms with Gasteiger partial charge in [0.25, 0.3) is 0 Å². The molecular formula is C55H38N2. The predicted molar refractivity (Wildman–Crippen MR) is 239 cm³/mol. The second kappa shape index (κ2) is 13.0. The summed E-state index contributed by atoms with van der Waals surface area (Å²) in [6, 6.07) is 70.2. The van der Waals surface area contributed by atoms with Gasteiger partial charge < -0.3 is 0 Å². The summed E-state index contributed by atoms with van der Waals surface area (Å²) in [6.07, 6.45) is 0. The van der Waals surface area contributed by atoms with E-state index in [1.165, 1.54) is 71.3 Å². The van der Waals surface area contributed by atoms with Gasteiger partial charge in [-0.1, -0.05) is 184 Å². The Bertz CT molecular complexity index is 3140. The Morgan fingerprint density at radius 3 is 1.67 bits per heavy atom. The second-order valence-corrected chi connectivity index (χ2v) is 15.7. The smallest absolute Gasteiger partial charge is 0.160 e. The number of hydrogen-bond donors (Lipinski definition) is 0. The summed E-state index contributed by atoms with van der Waals surface area (Å²) < 4.78 is 0. The van der Waals surface area contributed by atoms with Gasteiger partial charge >= 0.3 is 0 Å². The van der Waals surface area contributed by atoms with Gasteiger partial charge in [-0.15, -0.1) is 0 Å². The van der Waals surface area contributed by atoms with Gasteiger partial charge in [-0.05, 0) is 101 Å². The van der Waals surface area contributed by atoms with E-state index in [0.717, 1.165) is 33.6 Å². The molecule has 1 aliphatic carbocycles. The highest BCUT2D eigenvalue weighted by Crippen LogP contribution is 2.50. The van der Waals surface area contributed by atoms with Crippen molar-refractivity contribution in [2.75, 3.05) is 0 Å². The summed E-state index contributed by atoms with van der Waals surface area (Å²) in [5.74, 6) is 0.716. The molecule has 9 aromatic carbocycles. The lowest BCUT2D eigenvalue weighted by Crippen LogP contribution is -2.14. The second-order valence-electron chi connectivity index (χ2n) is 15.7. The minimum Gasteiger partial charge on any atom is -0.228 e. The third kappa shape index (κ3) is 5.40. The molecule has 0 amide bonds. The van der Waals surface area contributed by atoms with Gasteiger partial charge in [0.05, 0.1) is 11.4 Å². The molecule has 1 aromatic heterocycles. The molecule has 0 aliphatic heterocycles. The van der Waals surface area contributed by atoms with Crippen LogP contribution in [0.25, 0.3) is 99.6 Å². The van der Waals surface area contributed by atoms with Crippen molar-refractivity contribution in [2.45, 2.75) is 19.3 Å². The van der Waals surface area contributed by atoms with E-state index in [1.54, 1.807) is 0 Å². The van der Waals surface area contributed by atoms with Gasteiger partial charge in [-0.3, -0.25) is 0 Å². The van der Waals surface area contributed by atoms with Crippen LogP contribution in [0.5, 0.6) is 0 Å². The van der Waals surface area contributed by atoms with Gasteiger partial charge in [0.15, 0.2) is 5.82 Å². The van der Waals surface area contributed by atoms with Crippen LogP contribution in [0.1, 0.15) is 25.0 Å². The quantitative estimate of drug-likeness (QED) is 0.165. The molecule has 1 heterocycles. The van der Waals surface area contributed by atoms with Crippen LogP contribution >= 0.6 is 0 Å². The summed E-state index contributed by atoms with van der Waals surface area (Å²) >= 11 is 0. The highest BCUT2D eigenvalue weighted by molar-refractivity contribution is 6.29. The van der Waals surface area contributed by atoms with Crippen LogP contribution in [0.3, 0.4) is 0 Å². The number of aromatic nitrogens is 2. The molecule has 1 aliphatic rings. The lowest BCUT2D eigenvalue weighted by molar-refractivity contribution is 0.660. The maximum absolute atomic E-state index is 5.13. The summed E-state index contributed by atoms with van der Waals surface area (Å²) in [4.78, 5) is 10.1. The molecule has 2 heteroatoms. The first-order chi connectivity index (χ1) is 28.0. The van der Waals surface area contributed by atoms with Crippen LogP contribution in [0, 0.1) is 0 Å². The lowest BCUT2D eigenvalue weighted by Gasteiger charge is -2.21. The van der Waals surface area contributed by atoms with E-state index in [-0.39, 0.29) is 5.41 Å². The molecule has 0 N–H and O–H groups in total. The Kier molecular flexibility index (Phi) is 7.55. The molecule has 2 nitrogen and oxygen atoms in total. The van der Waals surface area contributed by atoms with Gasteiger partial charge in [0.1, 0.15) is 0 Å². The first kappa shape index (κ1) is 33.2. The van der Waals surface area contributed by atoms with Crippen molar-refractivity contribution in [3.8, 4) is 67.3 Å². The van der Waals surface area contributed by atoms with Gasteiger partial charge in [0, 0.05) is 22.1 Å². The molecule has 0 saturated carbocycles. The molecular weight excluding hydrogens is 689 g/mol. The van der Waals surface area contributed by atoms with Crippen molar-refractivity contribution in [2.24, 2.45) is 0 Å². The van der Waals surface area contributed by atoms with Crippen molar-refractivity contribution >= 4 is 32.3 Å². The van der Waals surface area contributed by atoms with E-state index in [9.17, 15) is 0 Å². The van der Waals surface area contributed by atoms with E-state index < -0.39 is 0 Å². The fraction of sp³-hybridized carbons (Fsp3) is 0.0545. The third-order valence-electron chi connectivity index (χ3n) is 12.1. The number of benzene rings is 9. The van der Waals surface area contributed by atoms with Crippen LogP contribution < -0.4 is 0 Å². The average Bonchev–Trinajstić information content (AvgIpc) is 3.51. The van der Waals surface area contributed by atoms with Crippen molar-refractivity contribution in [3.63, 3.8) is 0 Å². The fourth-order valence-corrected chi connectivity index (χ4v) is 9.24. The summed E-state index contributed by atoms with van der Waals surface area (Å²) in [7, 11) is 0. The number of nitrogens with zero attached hydrogens (tertiary/aromatic N) is 2. The summed E-state index contributed by atoms with van der Waals surface area (Å²) in [5.41, 5.74) is 15.2. The molecule has 0 saturated heterocycles. The Morgan fingerprint density at radius 2 is 0.860 bits per heavy atom. The van der Waals surface area contributed by atoms with E-state index in [2.05, 4.69) is 184 Å². The Balaban J connectivity index is 1.08. The molecule has 268 valence electrons. The first-order valence-corrected chi connectivity index (χ1v) is 19.7. The van der Waals surface area contributed by atoms with Crippen molar-refractivity contribution in [1.29, 1.82) is 0 Å². The zero-order chi connectivity index (χ0) is 38.1. The van der Waals surface area contributed by atoms with Crippen LogP contribution in [0.15, 0.2) is 194 Å². The number of rotatable bonds is 5. The Hall–Kier alpha value is -7.16. The fourth-order valence-electron chi connectivity index (χ4n) is 9.24. The van der Waals surface area contributed by atoms with Crippen LogP contribution in [0.4, 0.5) is 0 Å². The highest BCUT2D eigenvalue weighted by Gasteiger charge is 2.35. The monoisotopic (exact) mass is 726 g/mol. The van der Waals surface area contributed by atoms with Gasteiger partial charge in [-0.25, -0.2) is 9.97 Å². The molecule has 0 fully saturated rings. The molecule has 0 unspecified atom stereocenters. The molecule has 0 spiro atoms. The van der Waals surface area contributed by atoms with Crippen molar-refractivity contribution in [3.05, 3.63) is 205 Å². The normalized spacial score (nSPS) is 12.9. The van der Waals surface area contributed by atoms with E-state index in [1.807, 2.05) is 24.3 Å². The van der Waals surface area contributed by atoms with Gasteiger partial charge in [-0.2, -0.15) is 0 Å². The average molecular weight is 727 g/mol. The predicted octanol–water partition coefficient (Wildman–Crippen LogP) is 14.6. The molecule has 0 radical (unpaired) electrons. The molecule has 57 heavy (non-hydrogen) atoms. The molecule has 0 bridgehead atoms. The number of fused-ring (bicyclic) bond motifs is 9. The molecule has 11 rings (SSSR count). The Labute approximate surface area is 332 Å². The van der Waals surface area contributed by atoms with Crippen LogP contribution in [-0.2, 0) is 5.41 Å². The van der Waals surface area contributed by atoms with E-state index >= 15 is 0 Å². The van der Waals surface area contributed by atoms with E-state index in [0.29, 0.717) is 5.82 Å². The van der Waals surface area contributed by atoms with Gasteiger partial charge in [0.2, 0.25) is 0 Å². The standard InChI is InChI=1S/C55H38N2/c1-55(2)49-26-12-11-23-44(49)48-33-39(28-30-50(48)55)41-24-14-25-45-42-21-9-10-22-43(42)47-32-38(27-29-46(47)53(41)45)37-19-13-20-40(31-37)52-34-51(35-15-5-3-6-16-35)56-54(57-52)36-17-7-4-8-18-36/h3-34H,1-2H3. The summed E-state index contributed by atoms with van der Waals surface area (Å²) in [5, 5.41) is 7.61. The van der Waals surface area contributed by atoms with E-state index in [4.69, 9.17) is 9.97 Å². The minimum absolute atomic E-state index is 0.0261. The van der Waals surface area contributed by atoms with Crippen LogP contribution in [-0.4, -0.2) is 9.97 Å².